The van der Waals surface area contributed by atoms with Crippen LogP contribution < -0.4 is 10.6 Å². The Kier molecular flexibility index (Phi) is 3.33. The summed E-state index contributed by atoms with van der Waals surface area (Å²) in [5, 5.41) is 0. The summed E-state index contributed by atoms with van der Waals surface area (Å²) < 4.78 is 0. The Labute approximate surface area is 103 Å². The van der Waals surface area contributed by atoms with Gasteiger partial charge in [-0.15, -0.1) is 0 Å². The van der Waals surface area contributed by atoms with Gasteiger partial charge in [0.1, 0.15) is 0 Å². The second kappa shape index (κ2) is 4.91. The van der Waals surface area contributed by atoms with Gasteiger partial charge < -0.3 is 10.6 Å². The molecule has 0 saturated carbocycles. The van der Waals surface area contributed by atoms with E-state index in [1.54, 1.807) is 0 Å². The van der Waals surface area contributed by atoms with Gasteiger partial charge in [-0.25, -0.2) is 0 Å². The summed E-state index contributed by atoms with van der Waals surface area (Å²) in [6.45, 7) is 0. The third-order valence-electron chi connectivity index (χ3n) is 2.79. The van der Waals surface area contributed by atoms with Crippen molar-refractivity contribution in [1.82, 2.24) is 0 Å². The van der Waals surface area contributed by atoms with Crippen LogP contribution in [-0.2, 0) is 6.42 Å². The summed E-state index contributed by atoms with van der Waals surface area (Å²) in [7, 11) is 4.10. The van der Waals surface area contributed by atoms with Crippen LogP contribution in [0.25, 0.3) is 0 Å². The minimum atomic E-state index is 0.808. The molecule has 0 unspecified atom stereocenters. The number of anilines is 2. The van der Waals surface area contributed by atoms with E-state index in [9.17, 15) is 0 Å². The molecule has 0 heterocycles. The zero-order chi connectivity index (χ0) is 12.3. The lowest BCUT2D eigenvalue weighted by molar-refractivity contribution is 1.08. The summed E-state index contributed by atoms with van der Waals surface area (Å²) in [6.07, 6.45) is 0.919. The van der Waals surface area contributed by atoms with Gasteiger partial charge in [0.2, 0.25) is 0 Å². The lowest BCUT2D eigenvalue weighted by atomic mass is 10.0. The minimum Gasteiger partial charge on any atom is -0.399 e. The summed E-state index contributed by atoms with van der Waals surface area (Å²) in [6, 6.07) is 17.2. The molecule has 1 radical (unpaired) electrons. The molecule has 17 heavy (non-hydrogen) atoms. The molecule has 0 aliphatic carbocycles. The van der Waals surface area contributed by atoms with E-state index in [2.05, 4.69) is 43.3 Å². The molecule has 2 N–H and O–H groups in total. The minimum absolute atomic E-state index is 0.808. The number of hydrogen-bond donors (Lipinski definition) is 1. The van der Waals surface area contributed by atoms with Crippen molar-refractivity contribution >= 4 is 11.4 Å². The maximum Gasteiger partial charge on any atom is 0.0403 e. The second-order valence-corrected chi connectivity index (χ2v) is 4.37. The number of nitrogens with two attached hydrogens (primary N) is 1. The van der Waals surface area contributed by atoms with Gasteiger partial charge in [-0.05, 0) is 41.8 Å². The van der Waals surface area contributed by atoms with E-state index >= 15 is 0 Å². The van der Waals surface area contributed by atoms with E-state index in [4.69, 9.17) is 5.73 Å². The van der Waals surface area contributed by atoms with E-state index < -0.39 is 0 Å². The molecule has 0 aromatic heterocycles. The highest BCUT2D eigenvalue weighted by molar-refractivity contribution is 5.54. The Balaban J connectivity index is 2.26. The SMILES string of the molecule is CN(C)c1c[c]ccc1Cc1ccc(N)cc1. The Bertz CT molecular complexity index is 487. The first-order valence-corrected chi connectivity index (χ1v) is 5.67. The topological polar surface area (TPSA) is 29.3 Å². The molecule has 0 fully saturated rings. The van der Waals surface area contributed by atoms with Gasteiger partial charge in [-0.1, -0.05) is 24.3 Å². The molecule has 0 atom stereocenters. The van der Waals surface area contributed by atoms with Crippen molar-refractivity contribution in [3.8, 4) is 0 Å². The monoisotopic (exact) mass is 225 g/mol. The third-order valence-corrected chi connectivity index (χ3v) is 2.79. The fourth-order valence-electron chi connectivity index (χ4n) is 1.88. The third kappa shape index (κ3) is 2.78. The first kappa shape index (κ1) is 11.5. The van der Waals surface area contributed by atoms with Crippen LogP contribution in [0.15, 0.2) is 42.5 Å². The Morgan fingerprint density at radius 1 is 1.12 bits per heavy atom. The molecular formula is C15H17N2. The van der Waals surface area contributed by atoms with E-state index in [1.165, 1.54) is 16.8 Å². The molecular weight excluding hydrogens is 208 g/mol. The van der Waals surface area contributed by atoms with Crippen LogP contribution in [0.5, 0.6) is 0 Å². The number of rotatable bonds is 3. The van der Waals surface area contributed by atoms with Gasteiger partial charge in [0.15, 0.2) is 0 Å². The average molecular weight is 225 g/mol. The predicted octanol–water partition coefficient (Wildman–Crippen LogP) is 2.73. The molecule has 0 aliphatic heterocycles. The van der Waals surface area contributed by atoms with Crippen LogP contribution in [0, 0.1) is 6.07 Å². The summed E-state index contributed by atoms with van der Waals surface area (Å²) in [5.74, 6) is 0. The van der Waals surface area contributed by atoms with Gasteiger partial charge in [-0.2, -0.15) is 0 Å². The smallest absolute Gasteiger partial charge is 0.0403 e. The Morgan fingerprint density at radius 2 is 1.82 bits per heavy atom. The molecule has 2 rings (SSSR count). The predicted molar refractivity (Wildman–Crippen MR) is 73.3 cm³/mol. The molecule has 2 heteroatoms. The van der Waals surface area contributed by atoms with Crippen LogP contribution in [0.2, 0.25) is 0 Å². The maximum atomic E-state index is 5.68. The van der Waals surface area contributed by atoms with Crippen molar-refractivity contribution in [1.29, 1.82) is 0 Å². The Morgan fingerprint density at radius 3 is 2.47 bits per heavy atom. The van der Waals surface area contributed by atoms with Crippen molar-refractivity contribution in [2.75, 3.05) is 24.7 Å². The molecule has 0 spiro atoms. The number of hydrogen-bond acceptors (Lipinski definition) is 2. The molecule has 87 valence electrons. The van der Waals surface area contributed by atoms with E-state index in [0.29, 0.717) is 0 Å². The standard InChI is InChI=1S/C15H17N2/c1-17(2)15-6-4-3-5-13(15)11-12-7-9-14(16)10-8-12/h3,5-10H,11,16H2,1-2H3. The van der Waals surface area contributed by atoms with E-state index in [-0.39, 0.29) is 0 Å². The summed E-state index contributed by atoms with van der Waals surface area (Å²) >= 11 is 0. The zero-order valence-electron chi connectivity index (χ0n) is 10.3. The molecule has 0 bridgehead atoms. The summed E-state index contributed by atoms with van der Waals surface area (Å²) in [5.41, 5.74) is 10.3. The summed E-state index contributed by atoms with van der Waals surface area (Å²) in [4.78, 5) is 2.11. The molecule has 2 aromatic rings. The Hall–Kier alpha value is -1.96. The number of nitrogen functional groups attached to an aromatic ring is 1. The van der Waals surface area contributed by atoms with Gasteiger partial charge >= 0.3 is 0 Å². The normalized spacial score (nSPS) is 10.2. The van der Waals surface area contributed by atoms with Gasteiger partial charge in [-0.3, -0.25) is 0 Å². The zero-order valence-corrected chi connectivity index (χ0v) is 10.3. The van der Waals surface area contributed by atoms with Crippen molar-refractivity contribution in [3.63, 3.8) is 0 Å². The van der Waals surface area contributed by atoms with Gasteiger partial charge in [0, 0.05) is 25.5 Å². The molecule has 0 aliphatic rings. The van der Waals surface area contributed by atoms with Crippen LogP contribution in [-0.4, -0.2) is 14.1 Å². The fraction of sp³-hybridized carbons (Fsp3) is 0.200. The highest BCUT2D eigenvalue weighted by atomic mass is 15.1. The largest absolute Gasteiger partial charge is 0.399 e. The highest BCUT2D eigenvalue weighted by Gasteiger charge is 2.04. The average Bonchev–Trinajstić information content (AvgIpc) is 2.32. The van der Waals surface area contributed by atoms with Crippen molar-refractivity contribution in [2.24, 2.45) is 0 Å². The lowest BCUT2D eigenvalue weighted by Crippen LogP contribution is -2.11. The van der Waals surface area contributed by atoms with Crippen LogP contribution >= 0.6 is 0 Å². The van der Waals surface area contributed by atoms with Crippen LogP contribution in [0.4, 0.5) is 11.4 Å². The van der Waals surface area contributed by atoms with Crippen molar-refractivity contribution in [2.45, 2.75) is 6.42 Å². The quantitative estimate of drug-likeness (QED) is 0.814. The lowest BCUT2D eigenvalue weighted by Gasteiger charge is -2.17. The van der Waals surface area contributed by atoms with Gasteiger partial charge in [0.05, 0.1) is 0 Å². The fourth-order valence-corrected chi connectivity index (χ4v) is 1.88. The van der Waals surface area contributed by atoms with Gasteiger partial charge in [0.25, 0.3) is 0 Å². The molecule has 0 saturated heterocycles. The van der Waals surface area contributed by atoms with E-state index in [1.807, 2.05) is 24.3 Å². The van der Waals surface area contributed by atoms with E-state index in [0.717, 1.165) is 12.1 Å². The van der Waals surface area contributed by atoms with Crippen molar-refractivity contribution < 1.29 is 0 Å². The first-order chi connectivity index (χ1) is 8.16. The number of benzene rings is 2. The highest BCUT2D eigenvalue weighted by Crippen LogP contribution is 2.21. The van der Waals surface area contributed by atoms with Crippen LogP contribution in [0.1, 0.15) is 11.1 Å². The maximum absolute atomic E-state index is 5.68. The number of nitrogens with zero attached hydrogens (tertiary/aromatic N) is 1. The first-order valence-electron chi connectivity index (χ1n) is 5.67. The van der Waals surface area contributed by atoms with Crippen LogP contribution in [0.3, 0.4) is 0 Å². The molecule has 2 nitrogen and oxygen atoms in total. The molecule has 0 amide bonds. The molecule has 2 aromatic carbocycles. The van der Waals surface area contributed by atoms with Crippen molar-refractivity contribution in [3.05, 3.63) is 59.7 Å². The second-order valence-electron chi connectivity index (χ2n) is 4.37.